The smallest absolute Gasteiger partial charge is 0.294 e. The highest BCUT2D eigenvalue weighted by molar-refractivity contribution is 6.12. The molecule has 0 aromatic heterocycles. The Labute approximate surface area is 145 Å². The van der Waals surface area contributed by atoms with E-state index >= 15 is 0 Å². The topological polar surface area (TPSA) is 98.7 Å². The van der Waals surface area contributed by atoms with Gasteiger partial charge >= 0.3 is 0 Å². The first-order valence-electron chi connectivity index (χ1n) is 7.96. The molecule has 0 radical (unpaired) electrons. The zero-order valence-electron chi connectivity index (χ0n) is 13.9. The van der Waals surface area contributed by atoms with Gasteiger partial charge in [0.05, 0.1) is 5.69 Å². The number of ether oxygens (including phenoxy) is 1. The summed E-state index contributed by atoms with van der Waals surface area (Å²) in [5, 5.41) is 0. The SMILES string of the molecule is CCc1ccc(/C=C2/Oc3ccc(N)cc3N(CC(N)=O)C2=O)cc1. The number of aryl methyl sites for hydroxylation is 1. The van der Waals surface area contributed by atoms with Crippen molar-refractivity contribution in [1.29, 1.82) is 0 Å². The van der Waals surface area contributed by atoms with Crippen molar-refractivity contribution in [2.24, 2.45) is 5.73 Å². The number of nitrogens with two attached hydrogens (primary N) is 2. The zero-order valence-corrected chi connectivity index (χ0v) is 13.9. The van der Waals surface area contributed by atoms with E-state index in [4.69, 9.17) is 16.2 Å². The van der Waals surface area contributed by atoms with E-state index in [0.29, 0.717) is 17.1 Å². The van der Waals surface area contributed by atoms with Gasteiger partial charge in [-0.1, -0.05) is 31.2 Å². The van der Waals surface area contributed by atoms with E-state index in [1.807, 2.05) is 24.3 Å². The molecule has 0 saturated heterocycles. The number of hydrogen-bond acceptors (Lipinski definition) is 4. The number of nitrogen functional groups attached to an aromatic ring is 1. The lowest BCUT2D eigenvalue weighted by Crippen LogP contribution is -2.42. The number of carbonyl (C=O) groups is 2. The van der Waals surface area contributed by atoms with Crippen LogP contribution >= 0.6 is 0 Å². The number of amides is 2. The molecule has 2 amide bonds. The first kappa shape index (κ1) is 16.6. The predicted molar refractivity (Wildman–Crippen MR) is 96.8 cm³/mol. The van der Waals surface area contributed by atoms with E-state index in [1.165, 1.54) is 10.5 Å². The van der Waals surface area contributed by atoms with Gasteiger partial charge < -0.3 is 16.2 Å². The summed E-state index contributed by atoms with van der Waals surface area (Å²) in [6, 6.07) is 12.7. The molecule has 4 N–H and O–H groups in total. The minimum absolute atomic E-state index is 0.128. The molecule has 6 nitrogen and oxygen atoms in total. The lowest BCUT2D eigenvalue weighted by molar-refractivity contribution is -0.121. The third-order valence-electron chi connectivity index (χ3n) is 3.95. The van der Waals surface area contributed by atoms with Crippen LogP contribution in [0.4, 0.5) is 11.4 Å². The Bertz CT molecular complexity index is 857. The lowest BCUT2D eigenvalue weighted by Gasteiger charge is -2.29. The van der Waals surface area contributed by atoms with Crippen LogP contribution in [0.2, 0.25) is 0 Å². The average Bonchev–Trinajstić information content (AvgIpc) is 2.59. The summed E-state index contributed by atoms with van der Waals surface area (Å²) in [6.07, 6.45) is 2.59. The van der Waals surface area contributed by atoms with Crippen LogP contribution in [0.3, 0.4) is 0 Å². The number of rotatable bonds is 4. The van der Waals surface area contributed by atoms with Crippen molar-refractivity contribution < 1.29 is 14.3 Å². The van der Waals surface area contributed by atoms with Crippen LogP contribution in [-0.4, -0.2) is 18.4 Å². The van der Waals surface area contributed by atoms with Crippen molar-refractivity contribution in [3.8, 4) is 5.75 Å². The fourth-order valence-electron chi connectivity index (χ4n) is 2.64. The molecule has 1 heterocycles. The van der Waals surface area contributed by atoms with E-state index in [-0.39, 0.29) is 12.3 Å². The van der Waals surface area contributed by atoms with Crippen LogP contribution in [0.25, 0.3) is 6.08 Å². The highest BCUT2D eigenvalue weighted by Crippen LogP contribution is 2.37. The molecule has 0 aliphatic carbocycles. The number of carbonyl (C=O) groups excluding carboxylic acids is 2. The molecule has 2 aromatic carbocycles. The third kappa shape index (κ3) is 3.47. The third-order valence-corrected chi connectivity index (χ3v) is 3.95. The predicted octanol–water partition coefficient (Wildman–Crippen LogP) is 2.08. The maximum absolute atomic E-state index is 12.7. The number of nitrogens with zero attached hydrogens (tertiary/aromatic N) is 1. The van der Waals surface area contributed by atoms with Gasteiger partial charge in [0, 0.05) is 5.69 Å². The van der Waals surface area contributed by atoms with Gasteiger partial charge in [0.15, 0.2) is 11.5 Å². The number of fused-ring (bicyclic) bond motifs is 1. The van der Waals surface area contributed by atoms with Gasteiger partial charge in [0.25, 0.3) is 5.91 Å². The standard InChI is InChI=1S/C19H19N3O3/c1-2-12-3-5-13(6-4-12)9-17-19(24)22(11-18(21)23)15-10-14(20)7-8-16(15)25-17/h3-10H,2,11,20H2,1H3,(H2,21,23)/b17-9+. The summed E-state index contributed by atoms with van der Waals surface area (Å²) in [7, 11) is 0. The van der Waals surface area contributed by atoms with Gasteiger partial charge in [-0.3, -0.25) is 14.5 Å². The molecule has 0 saturated carbocycles. The van der Waals surface area contributed by atoms with Gasteiger partial charge in [-0.2, -0.15) is 0 Å². The number of benzene rings is 2. The molecular weight excluding hydrogens is 318 g/mol. The normalized spacial score (nSPS) is 15.0. The molecule has 1 aliphatic rings. The molecule has 128 valence electrons. The number of primary amides is 1. The van der Waals surface area contributed by atoms with Crippen LogP contribution in [0.15, 0.2) is 48.2 Å². The highest BCUT2D eigenvalue weighted by atomic mass is 16.5. The molecule has 1 aliphatic heterocycles. The molecule has 0 bridgehead atoms. The number of hydrogen-bond donors (Lipinski definition) is 2. The Hall–Kier alpha value is -3.28. The zero-order chi connectivity index (χ0) is 18.0. The van der Waals surface area contributed by atoms with E-state index in [0.717, 1.165) is 12.0 Å². The van der Waals surface area contributed by atoms with Gasteiger partial charge in [-0.05, 0) is 41.8 Å². The van der Waals surface area contributed by atoms with Gasteiger partial charge in [-0.25, -0.2) is 0 Å². The molecule has 6 heteroatoms. The van der Waals surface area contributed by atoms with Crippen LogP contribution in [-0.2, 0) is 16.0 Å². The summed E-state index contributed by atoms with van der Waals surface area (Å²) in [5.41, 5.74) is 14.0. The Morgan fingerprint density at radius 1 is 1.20 bits per heavy atom. The van der Waals surface area contributed by atoms with E-state index in [2.05, 4.69) is 6.92 Å². The van der Waals surface area contributed by atoms with Crippen LogP contribution in [0.5, 0.6) is 5.75 Å². The Morgan fingerprint density at radius 3 is 2.56 bits per heavy atom. The minimum Gasteiger partial charge on any atom is -0.449 e. The quantitative estimate of drug-likeness (QED) is 0.659. The van der Waals surface area contributed by atoms with Gasteiger partial charge in [-0.15, -0.1) is 0 Å². The number of anilines is 2. The van der Waals surface area contributed by atoms with Crippen LogP contribution in [0, 0.1) is 0 Å². The summed E-state index contributed by atoms with van der Waals surface area (Å²) in [6.45, 7) is 1.83. The van der Waals surface area contributed by atoms with Gasteiger partial charge in [0.1, 0.15) is 6.54 Å². The average molecular weight is 337 g/mol. The maximum Gasteiger partial charge on any atom is 0.294 e. The molecule has 0 unspecified atom stereocenters. The van der Waals surface area contributed by atoms with Crippen LogP contribution in [0.1, 0.15) is 18.1 Å². The van der Waals surface area contributed by atoms with E-state index in [1.54, 1.807) is 24.3 Å². The molecule has 2 aromatic rings. The Morgan fingerprint density at radius 2 is 1.92 bits per heavy atom. The van der Waals surface area contributed by atoms with Crippen molar-refractivity contribution in [3.63, 3.8) is 0 Å². The second kappa shape index (κ2) is 6.68. The molecular formula is C19H19N3O3. The molecule has 25 heavy (non-hydrogen) atoms. The largest absolute Gasteiger partial charge is 0.449 e. The first-order chi connectivity index (χ1) is 12.0. The maximum atomic E-state index is 12.7. The first-order valence-corrected chi connectivity index (χ1v) is 7.96. The second-order valence-electron chi connectivity index (χ2n) is 5.79. The van der Waals surface area contributed by atoms with Crippen LogP contribution < -0.4 is 21.1 Å². The molecule has 0 fully saturated rings. The summed E-state index contributed by atoms with van der Waals surface area (Å²) >= 11 is 0. The van der Waals surface area contributed by atoms with Gasteiger partial charge in [0.2, 0.25) is 5.91 Å². The Balaban J connectivity index is 2.01. The summed E-state index contributed by atoms with van der Waals surface area (Å²) in [5.74, 6) is -0.471. The molecule has 0 atom stereocenters. The van der Waals surface area contributed by atoms with Crippen molar-refractivity contribution in [2.45, 2.75) is 13.3 Å². The second-order valence-corrected chi connectivity index (χ2v) is 5.79. The van der Waals surface area contributed by atoms with E-state index < -0.39 is 11.8 Å². The summed E-state index contributed by atoms with van der Waals surface area (Å²) < 4.78 is 5.73. The minimum atomic E-state index is -0.615. The van der Waals surface area contributed by atoms with Crippen molar-refractivity contribution >= 4 is 29.3 Å². The fraction of sp³-hybridized carbons (Fsp3) is 0.158. The van der Waals surface area contributed by atoms with E-state index in [9.17, 15) is 9.59 Å². The van der Waals surface area contributed by atoms with Crippen molar-refractivity contribution in [2.75, 3.05) is 17.2 Å². The van der Waals surface area contributed by atoms with Crippen molar-refractivity contribution in [3.05, 3.63) is 59.4 Å². The Kier molecular flexibility index (Phi) is 4.43. The monoisotopic (exact) mass is 337 g/mol. The lowest BCUT2D eigenvalue weighted by atomic mass is 10.1. The highest BCUT2D eigenvalue weighted by Gasteiger charge is 2.31. The molecule has 3 rings (SSSR count). The molecule has 0 spiro atoms. The summed E-state index contributed by atoms with van der Waals surface area (Å²) in [4.78, 5) is 25.4. The van der Waals surface area contributed by atoms with Crippen molar-refractivity contribution in [1.82, 2.24) is 0 Å². The fourth-order valence-corrected chi connectivity index (χ4v) is 2.64.